The fourth-order valence-electron chi connectivity index (χ4n) is 0.884. The van der Waals surface area contributed by atoms with E-state index in [1.807, 2.05) is 0 Å². The topological polar surface area (TPSA) is 0 Å². The SMILES string of the molecule is CCC(C)(C)PC(C)C. The van der Waals surface area contributed by atoms with Gasteiger partial charge in [0.1, 0.15) is 0 Å². The fourth-order valence-corrected chi connectivity index (χ4v) is 2.65. The molecule has 0 N–H and O–H groups in total. The van der Waals surface area contributed by atoms with Crippen LogP contribution in [0.1, 0.15) is 41.0 Å². The molecule has 0 aliphatic heterocycles. The molecule has 0 aromatic rings. The van der Waals surface area contributed by atoms with E-state index in [1.54, 1.807) is 0 Å². The van der Waals surface area contributed by atoms with E-state index in [-0.39, 0.29) is 0 Å². The van der Waals surface area contributed by atoms with Gasteiger partial charge in [-0.05, 0) is 17.2 Å². The summed E-state index contributed by atoms with van der Waals surface area (Å²) in [6.07, 6.45) is 1.31. The van der Waals surface area contributed by atoms with Gasteiger partial charge in [0, 0.05) is 0 Å². The Morgan fingerprint density at radius 1 is 1.33 bits per heavy atom. The Hall–Kier alpha value is 0.430. The maximum atomic E-state index is 2.35. The molecule has 0 spiro atoms. The third-order valence-corrected chi connectivity index (χ3v) is 3.28. The number of hydrogen-bond acceptors (Lipinski definition) is 0. The van der Waals surface area contributed by atoms with Crippen molar-refractivity contribution in [3.8, 4) is 0 Å². The molecule has 56 valence electrons. The summed E-state index contributed by atoms with van der Waals surface area (Å²) in [5.74, 6) is 0. The molecule has 0 saturated carbocycles. The molecule has 0 heterocycles. The van der Waals surface area contributed by atoms with Crippen LogP contribution in [0, 0.1) is 0 Å². The highest BCUT2D eigenvalue weighted by molar-refractivity contribution is 7.40. The van der Waals surface area contributed by atoms with Gasteiger partial charge in [0.25, 0.3) is 0 Å². The molecule has 0 nitrogen and oxygen atoms in total. The molecule has 1 atom stereocenters. The van der Waals surface area contributed by atoms with Crippen LogP contribution in [0.5, 0.6) is 0 Å². The molecule has 0 aromatic carbocycles. The minimum Gasteiger partial charge on any atom is -0.114 e. The zero-order valence-corrected chi connectivity index (χ0v) is 8.28. The van der Waals surface area contributed by atoms with Crippen LogP contribution in [0.15, 0.2) is 0 Å². The normalized spacial score (nSPS) is 14.0. The van der Waals surface area contributed by atoms with Gasteiger partial charge in [-0.2, -0.15) is 0 Å². The molecule has 1 heteroatoms. The lowest BCUT2D eigenvalue weighted by molar-refractivity contribution is 0.672. The van der Waals surface area contributed by atoms with Crippen molar-refractivity contribution >= 4 is 8.58 Å². The summed E-state index contributed by atoms with van der Waals surface area (Å²) in [5, 5.41) is 0.591. The lowest BCUT2D eigenvalue weighted by Crippen LogP contribution is -2.12. The van der Waals surface area contributed by atoms with Crippen molar-refractivity contribution < 1.29 is 0 Å². The first-order valence-corrected chi connectivity index (χ1v) is 4.83. The van der Waals surface area contributed by atoms with Gasteiger partial charge in [-0.15, -0.1) is 8.58 Å². The highest BCUT2D eigenvalue weighted by Crippen LogP contribution is 2.37. The predicted octanol–water partition coefficient (Wildman–Crippen LogP) is 3.26. The molecule has 0 aromatic heterocycles. The molecule has 9 heavy (non-hydrogen) atoms. The van der Waals surface area contributed by atoms with E-state index in [4.69, 9.17) is 0 Å². The summed E-state index contributed by atoms with van der Waals surface area (Å²) in [4.78, 5) is 0. The van der Waals surface area contributed by atoms with Crippen LogP contribution in [0.4, 0.5) is 0 Å². The van der Waals surface area contributed by atoms with Crippen LogP contribution in [-0.2, 0) is 0 Å². The van der Waals surface area contributed by atoms with E-state index in [0.717, 1.165) is 14.2 Å². The van der Waals surface area contributed by atoms with Crippen molar-refractivity contribution in [1.82, 2.24) is 0 Å². The summed E-state index contributed by atoms with van der Waals surface area (Å²) < 4.78 is 0. The van der Waals surface area contributed by atoms with E-state index in [2.05, 4.69) is 34.6 Å². The highest BCUT2D eigenvalue weighted by Gasteiger charge is 2.15. The Morgan fingerprint density at radius 2 is 1.78 bits per heavy atom. The lowest BCUT2D eigenvalue weighted by atomic mass is 10.1. The Labute approximate surface area is 61.2 Å². The van der Waals surface area contributed by atoms with Crippen molar-refractivity contribution in [3.05, 3.63) is 0 Å². The zero-order chi connectivity index (χ0) is 7.49. The second-order valence-corrected chi connectivity index (χ2v) is 6.33. The molecule has 0 amide bonds. The monoisotopic (exact) mass is 146 g/mol. The van der Waals surface area contributed by atoms with Gasteiger partial charge in [0.2, 0.25) is 0 Å². The molecule has 0 fully saturated rings. The Kier molecular flexibility index (Phi) is 3.73. The number of rotatable bonds is 3. The van der Waals surface area contributed by atoms with Gasteiger partial charge in [-0.3, -0.25) is 0 Å². The van der Waals surface area contributed by atoms with Gasteiger partial charge < -0.3 is 0 Å². The Balaban J connectivity index is 3.58. The van der Waals surface area contributed by atoms with Gasteiger partial charge >= 0.3 is 0 Å². The molecular formula is C8H19P. The van der Waals surface area contributed by atoms with Gasteiger partial charge in [0.05, 0.1) is 0 Å². The molecule has 0 aliphatic carbocycles. The first-order valence-electron chi connectivity index (χ1n) is 3.75. The van der Waals surface area contributed by atoms with Crippen LogP contribution in [0.25, 0.3) is 0 Å². The highest BCUT2D eigenvalue weighted by atomic mass is 31.1. The lowest BCUT2D eigenvalue weighted by Gasteiger charge is -2.24. The summed E-state index contributed by atoms with van der Waals surface area (Å²) in [6, 6.07) is 0. The van der Waals surface area contributed by atoms with Crippen LogP contribution < -0.4 is 0 Å². The summed E-state index contributed by atoms with van der Waals surface area (Å²) in [6.45, 7) is 11.6. The minimum atomic E-state index is 0.591. The van der Waals surface area contributed by atoms with Crippen molar-refractivity contribution in [2.24, 2.45) is 0 Å². The molecule has 0 saturated heterocycles. The van der Waals surface area contributed by atoms with Crippen LogP contribution in [-0.4, -0.2) is 10.8 Å². The first kappa shape index (κ1) is 9.43. The van der Waals surface area contributed by atoms with E-state index >= 15 is 0 Å². The predicted molar refractivity (Wildman–Crippen MR) is 47.8 cm³/mol. The minimum absolute atomic E-state index is 0.591. The fraction of sp³-hybridized carbons (Fsp3) is 1.00. The largest absolute Gasteiger partial charge is 0.114 e. The number of hydrogen-bond donors (Lipinski definition) is 0. The third kappa shape index (κ3) is 4.90. The Bertz CT molecular complexity index is 74.6. The van der Waals surface area contributed by atoms with E-state index in [9.17, 15) is 0 Å². The standard InChI is InChI=1S/C8H19P/c1-6-8(4,5)9-7(2)3/h7,9H,6H2,1-5H3. The summed E-state index contributed by atoms with van der Waals surface area (Å²) in [7, 11) is 1.12. The first-order chi connectivity index (χ1) is 3.98. The third-order valence-electron chi connectivity index (χ3n) is 1.56. The van der Waals surface area contributed by atoms with Crippen molar-refractivity contribution in [2.75, 3.05) is 0 Å². The molecule has 0 bridgehead atoms. The van der Waals surface area contributed by atoms with Crippen molar-refractivity contribution in [3.63, 3.8) is 0 Å². The summed E-state index contributed by atoms with van der Waals surface area (Å²) >= 11 is 0. The average molecular weight is 146 g/mol. The van der Waals surface area contributed by atoms with Crippen molar-refractivity contribution in [2.45, 2.75) is 51.9 Å². The molecule has 0 rings (SSSR count). The molecule has 0 aliphatic rings. The molecular weight excluding hydrogens is 127 g/mol. The van der Waals surface area contributed by atoms with Gasteiger partial charge in [-0.1, -0.05) is 34.6 Å². The average Bonchev–Trinajstić information content (AvgIpc) is 1.63. The second kappa shape index (κ2) is 3.56. The van der Waals surface area contributed by atoms with Crippen molar-refractivity contribution in [1.29, 1.82) is 0 Å². The summed E-state index contributed by atoms with van der Waals surface area (Å²) in [5.41, 5.74) is 0.875. The van der Waals surface area contributed by atoms with E-state index < -0.39 is 0 Å². The smallest absolute Gasteiger partial charge is 0.0179 e. The van der Waals surface area contributed by atoms with Crippen LogP contribution >= 0.6 is 8.58 Å². The molecule has 1 unspecified atom stereocenters. The van der Waals surface area contributed by atoms with E-state index in [0.29, 0.717) is 5.16 Å². The molecule has 0 radical (unpaired) electrons. The Morgan fingerprint density at radius 3 is 1.89 bits per heavy atom. The maximum absolute atomic E-state index is 2.35. The zero-order valence-electron chi connectivity index (χ0n) is 7.28. The van der Waals surface area contributed by atoms with E-state index in [1.165, 1.54) is 6.42 Å². The van der Waals surface area contributed by atoms with Gasteiger partial charge in [0.15, 0.2) is 0 Å². The van der Waals surface area contributed by atoms with Crippen LogP contribution in [0.3, 0.4) is 0 Å². The van der Waals surface area contributed by atoms with Crippen LogP contribution in [0.2, 0.25) is 0 Å². The maximum Gasteiger partial charge on any atom is -0.0179 e. The van der Waals surface area contributed by atoms with Gasteiger partial charge in [-0.25, -0.2) is 0 Å². The quantitative estimate of drug-likeness (QED) is 0.536. The second-order valence-electron chi connectivity index (χ2n) is 3.54.